The number of nitrogens with zero attached hydrogens (tertiary/aromatic N) is 2. The van der Waals surface area contributed by atoms with Crippen LogP contribution in [-0.2, 0) is 4.74 Å². The van der Waals surface area contributed by atoms with Gasteiger partial charge in [0.15, 0.2) is 0 Å². The first-order valence-corrected chi connectivity index (χ1v) is 7.64. The third-order valence-corrected chi connectivity index (χ3v) is 4.02. The van der Waals surface area contributed by atoms with Gasteiger partial charge in [0, 0.05) is 36.4 Å². The third-order valence-electron chi connectivity index (χ3n) is 4.02. The molecule has 1 saturated heterocycles. The van der Waals surface area contributed by atoms with E-state index in [9.17, 15) is 4.79 Å². The maximum Gasteiger partial charge on any atom is 0.254 e. The van der Waals surface area contributed by atoms with Gasteiger partial charge in [0.1, 0.15) is 0 Å². The van der Waals surface area contributed by atoms with Crippen molar-refractivity contribution in [3.8, 4) is 0 Å². The van der Waals surface area contributed by atoms with Gasteiger partial charge in [0.25, 0.3) is 5.91 Å². The number of ether oxygens (including phenoxy) is 1. The number of amides is 1. The molecule has 0 aliphatic carbocycles. The SMILES string of the molecule is O=C(c1cccc2cnccc12)N1CCCC(OCCO)C1. The number of rotatable bonds is 4. The number of carbonyl (C=O) groups is 1. The zero-order chi connectivity index (χ0) is 15.4. The molecule has 5 heteroatoms. The van der Waals surface area contributed by atoms with Crippen molar-refractivity contribution >= 4 is 16.7 Å². The predicted molar refractivity (Wildman–Crippen MR) is 83.7 cm³/mol. The molecular weight excluding hydrogens is 280 g/mol. The Morgan fingerprint density at radius 3 is 3.18 bits per heavy atom. The monoisotopic (exact) mass is 300 g/mol. The van der Waals surface area contributed by atoms with E-state index in [0.29, 0.717) is 18.7 Å². The standard InChI is InChI=1S/C17H20N2O3/c20-9-10-22-14-4-2-8-19(12-14)17(21)16-5-1-3-13-11-18-7-6-15(13)16/h1,3,5-7,11,14,20H,2,4,8-10,12H2. The Balaban J connectivity index is 1.80. The summed E-state index contributed by atoms with van der Waals surface area (Å²) in [4.78, 5) is 18.8. The molecule has 1 atom stereocenters. The number of aliphatic hydroxyl groups excluding tert-OH is 1. The largest absolute Gasteiger partial charge is 0.394 e. The van der Waals surface area contributed by atoms with Crippen molar-refractivity contribution in [2.45, 2.75) is 18.9 Å². The molecule has 1 fully saturated rings. The summed E-state index contributed by atoms with van der Waals surface area (Å²) in [5, 5.41) is 10.8. The van der Waals surface area contributed by atoms with Crippen molar-refractivity contribution in [3.05, 3.63) is 42.2 Å². The van der Waals surface area contributed by atoms with Crippen LogP contribution in [0.3, 0.4) is 0 Å². The summed E-state index contributed by atoms with van der Waals surface area (Å²) in [5.74, 6) is 0.0362. The lowest BCUT2D eigenvalue weighted by Crippen LogP contribution is -2.43. The first-order valence-electron chi connectivity index (χ1n) is 7.64. The highest BCUT2D eigenvalue weighted by Gasteiger charge is 2.25. The van der Waals surface area contributed by atoms with Crippen molar-refractivity contribution in [2.24, 2.45) is 0 Å². The summed E-state index contributed by atoms with van der Waals surface area (Å²) in [5.41, 5.74) is 0.711. The van der Waals surface area contributed by atoms with Gasteiger partial charge >= 0.3 is 0 Å². The summed E-state index contributed by atoms with van der Waals surface area (Å²) in [6, 6.07) is 7.60. The highest BCUT2D eigenvalue weighted by atomic mass is 16.5. The number of hydrogen-bond donors (Lipinski definition) is 1. The number of pyridine rings is 1. The molecule has 0 saturated carbocycles. The average Bonchev–Trinajstić information content (AvgIpc) is 2.59. The van der Waals surface area contributed by atoms with Crippen LogP contribution in [0.1, 0.15) is 23.2 Å². The van der Waals surface area contributed by atoms with Gasteiger partial charge < -0.3 is 14.7 Å². The van der Waals surface area contributed by atoms with Crippen molar-refractivity contribution in [1.82, 2.24) is 9.88 Å². The molecule has 3 rings (SSSR count). The van der Waals surface area contributed by atoms with E-state index in [1.807, 2.05) is 29.2 Å². The summed E-state index contributed by atoms with van der Waals surface area (Å²) in [6.45, 7) is 1.67. The number of hydrogen-bond acceptors (Lipinski definition) is 4. The van der Waals surface area contributed by atoms with Crippen LogP contribution in [0.2, 0.25) is 0 Å². The molecule has 116 valence electrons. The van der Waals surface area contributed by atoms with E-state index >= 15 is 0 Å². The number of benzene rings is 1. The van der Waals surface area contributed by atoms with Gasteiger partial charge in [-0.05, 0) is 30.4 Å². The first kappa shape index (κ1) is 14.9. The Hall–Kier alpha value is -1.98. The second-order valence-corrected chi connectivity index (χ2v) is 5.51. The van der Waals surface area contributed by atoms with Crippen LogP contribution in [0, 0.1) is 0 Å². The normalized spacial score (nSPS) is 18.6. The molecule has 5 nitrogen and oxygen atoms in total. The maximum absolute atomic E-state index is 12.8. The molecule has 0 radical (unpaired) electrons. The molecule has 2 aromatic rings. The third kappa shape index (κ3) is 3.10. The van der Waals surface area contributed by atoms with Gasteiger partial charge in [0.2, 0.25) is 0 Å². The lowest BCUT2D eigenvalue weighted by atomic mass is 10.0. The van der Waals surface area contributed by atoms with Crippen LogP contribution in [0.5, 0.6) is 0 Å². The van der Waals surface area contributed by atoms with Gasteiger partial charge in [-0.25, -0.2) is 0 Å². The Morgan fingerprint density at radius 1 is 1.41 bits per heavy atom. The molecule has 0 bridgehead atoms. The molecule has 1 N–H and O–H groups in total. The lowest BCUT2D eigenvalue weighted by molar-refractivity contribution is -0.0110. The Morgan fingerprint density at radius 2 is 2.32 bits per heavy atom. The smallest absolute Gasteiger partial charge is 0.254 e. The minimum atomic E-state index is 0.0147. The fraction of sp³-hybridized carbons (Fsp3) is 0.412. The minimum Gasteiger partial charge on any atom is -0.394 e. The van der Waals surface area contributed by atoms with Crippen LogP contribution < -0.4 is 0 Å². The Labute approximate surface area is 129 Å². The minimum absolute atomic E-state index is 0.0147. The molecule has 1 aliphatic rings. The summed E-state index contributed by atoms with van der Waals surface area (Å²) in [6.07, 6.45) is 5.36. The molecule has 1 aliphatic heterocycles. The molecule has 0 spiro atoms. The predicted octanol–water partition coefficient (Wildman–Crippen LogP) is 1.85. The number of piperidine rings is 1. The number of aromatic nitrogens is 1. The lowest BCUT2D eigenvalue weighted by Gasteiger charge is -2.32. The topological polar surface area (TPSA) is 62.7 Å². The van der Waals surface area contributed by atoms with Gasteiger partial charge in [-0.2, -0.15) is 0 Å². The number of carbonyl (C=O) groups excluding carboxylic acids is 1. The van der Waals surface area contributed by atoms with Crippen LogP contribution in [0.4, 0.5) is 0 Å². The Bertz CT molecular complexity index is 654. The zero-order valence-corrected chi connectivity index (χ0v) is 12.4. The number of aliphatic hydroxyl groups is 1. The molecule has 1 aromatic heterocycles. The fourth-order valence-corrected chi connectivity index (χ4v) is 2.96. The first-order chi connectivity index (χ1) is 10.8. The summed E-state index contributed by atoms with van der Waals surface area (Å²) >= 11 is 0. The van der Waals surface area contributed by atoms with Gasteiger partial charge in [-0.3, -0.25) is 9.78 Å². The molecule has 1 amide bonds. The second kappa shape index (κ2) is 6.85. The van der Waals surface area contributed by atoms with Crippen LogP contribution in [0.15, 0.2) is 36.7 Å². The van der Waals surface area contributed by atoms with E-state index in [4.69, 9.17) is 9.84 Å². The van der Waals surface area contributed by atoms with Gasteiger partial charge in [0.05, 0.1) is 19.3 Å². The summed E-state index contributed by atoms with van der Waals surface area (Å²) in [7, 11) is 0. The summed E-state index contributed by atoms with van der Waals surface area (Å²) < 4.78 is 5.58. The van der Waals surface area contributed by atoms with E-state index in [0.717, 1.165) is 30.2 Å². The van der Waals surface area contributed by atoms with Crippen LogP contribution in [0.25, 0.3) is 10.8 Å². The number of likely N-dealkylation sites (tertiary alicyclic amines) is 1. The quantitative estimate of drug-likeness (QED) is 0.936. The van der Waals surface area contributed by atoms with Crippen molar-refractivity contribution in [3.63, 3.8) is 0 Å². The van der Waals surface area contributed by atoms with Crippen molar-refractivity contribution < 1.29 is 14.6 Å². The fourth-order valence-electron chi connectivity index (χ4n) is 2.96. The van der Waals surface area contributed by atoms with E-state index in [1.165, 1.54) is 0 Å². The van der Waals surface area contributed by atoms with E-state index < -0.39 is 0 Å². The molecule has 2 heterocycles. The zero-order valence-electron chi connectivity index (χ0n) is 12.4. The van der Waals surface area contributed by atoms with Crippen LogP contribution >= 0.6 is 0 Å². The highest BCUT2D eigenvalue weighted by molar-refractivity contribution is 6.06. The molecule has 1 aromatic carbocycles. The Kier molecular flexibility index (Phi) is 4.65. The van der Waals surface area contributed by atoms with E-state index in [2.05, 4.69) is 4.98 Å². The van der Waals surface area contributed by atoms with E-state index in [-0.39, 0.29) is 18.6 Å². The van der Waals surface area contributed by atoms with Gasteiger partial charge in [-0.1, -0.05) is 12.1 Å². The molecule has 22 heavy (non-hydrogen) atoms. The van der Waals surface area contributed by atoms with E-state index in [1.54, 1.807) is 12.4 Å². The molecular formula is C17H20N2O3. The second-order valence-electron chi connectivity index (χ2n) is 5.51. The highest BCUT2D eigenvalue weighted by Crippen LogP contribution is 2.21. The van der Waals surface area contributed by atoms with Crippen molar-refractivity contribution in [2.75, 3.05) is 26.3 Å². The van der Waals surface area contributed by atoms with Gasteiger partial charge in [-0.15, -0.1) is 0 Å². The number of fused-ring (bicyclic) bond motifs is 1. The average molecular weight is 300 g/mol. The molecule has 1 unspecified atom stereocenters. The van der Waals surface area contributed by atoms with Crippen molar-refractivity contribution in [1.29, 1.82) is 0 Å². The van der Waals surface area contributed by atoms with Crippen LogP contribution in [-0.4, -0.2) is 53.3 Å². The maximum atomic E-state index is 12.8.